The molecule has 0 aliphatic carbocycles. The number of halogens is 1. The molecule has 0 radical (unpaired) electrons. The number of carbonyl (C=O) groups excluding carboxylic acids is 1. The maximum Gasteiger partial charge on any atom is 0.339 e. The van der Waals surface area contributed by atoms with Crippen LogP contribution < -0.4 is 0 Å². The van der Waals surface area contributed by atoms with Crippen molar-refractivity contribution in [1.29, 1.82) is 0 Å². The van der Waals surface area contributed by atoms with Crippen molar-refractivity contribution in [3.8, 4) is 0 Å². The van der Waals surface area contributed by atoms with E-state index in [-0.39, 0.29) is 9.77 Å². The summed E-state index contributed by atoms with van der Waals surface area (Å²) in [4.78, 5) is 11.8. The van der Waals surface area contributed by atoms with Crippen LogP contribution in [0.4, 0.5) is 0 Å². The molecule has 0 spiro atoms. The van der Waals surface area contributed by atoms with Gasteiger partial charge in [-0.05, 0) is 31.2 Å². The first-order valence-electron chi connectivity index (χ1n) is 5.93. The first-order valence-corrected chi connectivity index (χ1v) is 9.12. The molecular formula is C12H17ClO4S2. The van der Waals surface area contributed by atoms with Crippen molar-refractivity contribution in [3.05, 3.63) is 16.5 Å². The van der Waals surface area contributed by atoms with Crippen LogP contribution in [0.3, 0.4) is 0 Å². The monoisotopic (exact) mass is 324 g/mol. The van der Waals surface area contributed by atoms with Gasteiger partial charge >= 0.3 is 5.97 Å². The van der Waals surface area contributed by atoms with Gasteiger partial charge in [0.2, 0.25) is 0 Å². The Balaban J connectivity index is 2.66. The van der Waals surface area contributed by atoms with E-state index in [0.29, 0.717) is 18.1 Å². The van der Waals surface area contributed by atoms with E-state index < -0.39 is 15.0 Å². The quantitative estimate of drug-likeness (QED) is 0.456. The topological polar surface area (TPSA) is 60.4 Å². The third-order valence-electron chi connectivity index (χ3n) is 2.59. The van der Waals surface area contributed by atoms with Crippen LogP contribution >= 0.6 is 22.0 Å². The van der Waals surface area contributed by atoms with Crippen molar-refractivity contribution in [2.75, 3.05) is 6.61 Å². The predicted octanol–water partition coefficient (Wildman–Crippen LogP) is 3.58. The first-order chi connectivity index (χ1) is 8.73. The van der Waals surface area contributed by atoms with Crippen molar-refractivity contribution in [1.82, 2.24) is 0 Å². The summed E-state index contributed by atoms with van der Waals surface area (Å²) in [5.41, 5.74) is 0.627. The molecule has 0 saturated heterocycles. The Bertz CT molecular complexity index is 546. The van der Waals surface area contributed by atoms with Gasteiger partial charge in [-0.3, -0.25) is 0 Å². The summed E-state index contributed by atoms with van der Waals surface area (Å²) < 4.78 is 27.6. The number of esters is 1. The average molecular weight is 325 g/mol. The van der Waals surface area contributed by atoms with Gasteiger partial charge in [0.25, 0.3) is 9.05 Å². The number of carbonyl (C=O) groups is 1. The number of rotatable bonds is 6. The van der Waals surface area contributed by atoms with E-state index in [2.05, 4.69) is 13.8 Å². The van der Waals surface area contributed by atoms with Crippen molar-refractivity contribution >= 4 is 37.0 Å². The van der Waals surface area contributed by atoms with Crippen molar-refractivity contribution in [2.45, 2.75) is 37.8 Å². The maximum atomic E-state index is 11.8. The molecule has 0 fully saturated rings. The number of hydrogen-bond donors (Lipinski definition) is 0. The molecule has 7 heteroatoms. The Morgan fingerprint density at radius 1 is 1.47 bits per heavy atom. The van der Waals surface area contributed by atoms with Gasteiger partial charge < -0.3 is 4.74 Å². The molecule has 0 atom stereocenters. The van der Waals surface area contributed by atoms with Crippen LogP contribution in [0.15, 0.2) is 9.59 Å². The lowest BCUT2D eigenvalue weighted by Crippen LogP contribution is -2.08. The van der Waals surface area contributed by atoms with Crippen LogP contribution in [0.25, 0.3) is 0 Å². The molecular weight excluding hydrogens is 308 g/mol. The largest absolute Gasteiger partial charge is 0.462 e. The molecule has 19 heavy (non-hydrogen) atoms. The third kappa shape index (κ3) is 4.78. The summed E-state index contributed by atoms with van der Waals surface area (Å²) in [5.74, 6) is 0.0682. The van der Waals surface area contributed by atoms with Gasteiger partial charge in [-0.2, -0.15) is 0 Å². The summed E-state index contributed by atoms with van der Waals surface area (Å²) in [6.07, 6.45) is 1.78. The molecule has 0 unspecified atom stereocenters. The standard InChI is InChI=1S/C12H17ClO4S2/c1-8(2)5-4-6-17-11(14)10-7-18-12(9(10)3)19(13,15)16/h7-8H,4-6H2,1-3H3. The third-order valence-corrected chi connectivity index (χ3v) is 5.90. The zero-order valence-corrected chi connectivity index (χ0v) is 13.5. The number of thiophene rings is 1. The normalized spacial score (nSPS) is 11.8. The van der Waals surface area contributed by atoms with Crippen molar-refractivity contribution in [3.63, 3.8) is 0 Å². The second kappa shape index (κ2) is 6.72. The second-order valence-corrected chi connectivity index (χ2v) is 8.31. The molecule has 0 saturated carbocycles. The van der Waals surface area contributed by atoms with Crippen LogP contribution in [-0.4, -0.2) is 21.0 Å². The second-order valence-electron chi connectivity index (χ2n) is 4.67. The maximum absolute atomic E-state index is 11.8. The van der Waals surface area contributed by atoms with E-state index in [4.69, 9.17) is 15.4 Å². The Labute approximate surface area is 122 Å². The molecule has 1 heterocycles. The van der Waals surface area contributed by atoms with E-state index in [9.17, 15) is 13.2 Å². The minimum Gasteiger partial charge on any atom is -0.462 e. The Morgan fingerprint density at radius 3 is 2.58 bits per heavy atom. The van der Waals surface area contributed by atoms with Gasteiger partial charge in [0.05, 0.1) is 12.2 Å². The van der Waals surface area contributed by atoms with Gasteiger partial charge in [0.1, 0.15) is 4.21 Å². The van der Waals surface area contributed by atoms with Crippen LogP contribution in [0.1, 0.15) is 42.6 Å². The predicted molar refractivity (Wildman–Crippen MR) is 76.4 cm³/mol. The molecule has 0 aliphatic heterocycles. The Hall–Kier alpha value is -0.590. The molecule has 1 aromatic rings. The molecule has 0 bridgehead atoms. The molecule has 108 valence electrons. The molecule has 0 amide bonds. The van der Waals surface area contributed by atoms with Crippen molar-refractivity contribution < 1.29 is 17.9 Å². The fourth-order valence-electron chi connectivity index (χ4n) is 1.57. The highest BCUT2D eigenvalue weighted by molar-refractivity contribution is 8.15. The van der Waals surface area contributed by atoms with Gasteiger partial charge in [-0.1, -0.05) is 13.8 Å². The zero-order valence-electron chi connectivity index (χ0n) is 11.1. The van der Waals surface area contributed by atoms with E-state index in [0.717, 1.165) is 24.2 Å². The Morgan fingerprint density at radius 2 is 2.11 bits per heavy atom. The highest BCUT2D eigenvalue weighted by Gasteiger charge is 2.22. The number of hydrogen-bond acceptors (Lipinski definition) is 5. The fraction of sp³-hybridized carbons (Fsp3) is 0.583. The lowest BCUT2D eigenvalue weighted by atomic mass is 10.1. The molecule has 0 aromatic carbocycles. The molecule has 1 aromatic heterocycles. The smallest absolute Gasteiger partial charge is 0.339 e. The van der Waals surface area contributed by atoms with E-state index in [1.165, 1.54) is 5.38 Å². The highest BCUT2D eigenvalue weighted by Crippen LogP contribution is 2.29. The van der Waals surface area contributed by atoms with Gasteiger partial charge in [0, 0.05) is 16.1 Å². The highest BCUT2D eigenvalue weighted by atomic mass is 35.7. The summed E-state index contributed by atoms with van der Waals surface area (Å²) in [6.45, 7) is 6.09. The molecule has 1 rings (SSSR count). The van der Waals surface area contributed by atoms with Gasteiger partial charge in [-0.15, -0.1) is 11.3 Å². The SMILES string of the molecule is Cc1c(C(=O)OCCCC(C)C)csc1S(=O)(=O)Cl. The molecule has 4 nitrogen and oxygen atoms in total. The van der Waals surface area contributed by atoms with E-state index in [1.807, 2.05) is 0 Å². The molecule has 0 aliphatic rings. The van der Waals surface area contributed by atoms with E-state index >= 15 is 0 Å². The Kier molecular flexibility index (Phi) is 5.82. The van der Waals surface area contributed by atoms with E-state index in [1.54, 1.807) is 6.92 Å². The minimum atomic E-state index is -3.80. The zero-order chi connectivity index (χ0) is 14.6. The van der Waals surface area contributed by atoms with Gasteiger partial charge in [0.15, 0.2) is 0 Å². The van der Waals surface area contributed by atoms with Crippen LogP contribution in [0, 0.1) is 12.8 Å². The first kappa shape index (κ1) is 16.5. The minimum absolute atomic E-state index is 0.00305. The van der Waals surface area contributed by atoms with Crippen LogP contribution in [-0.2, 0) is 13.8 Å². The molecule has 0 N–H and O–H groups in total. The summed E-state index contributed by atoms with van der Waals surface area (Å²) in [5, 5.41) is 1.47. The lowest BCUT2D eigenvalue weighted by molar-refractivity contribution is 0.0494. The lowest BCUT2D eigenvalue weighted by Gasteiger charge is -2.06. The fourth-order valence-corrected chi connectivity index (χ4v) is 4.11. The van der Waals surface area contributed by atoms with Crippen molar-refractivity contribution in [2.24, 2.45) is 5.92 Å². The number of ether oxygens (including phenoxy) is 1. The summed E-state index contributed by atoms with van der Waals surface area (Å²) in [6, 6.07) is 0. The summed E-state index contributed by atoms with van der Waals surface area (Å²) >= 11 is 0.935. The van der Waals surface area contributed by atoms with Gasteiger partial charge in [-0.25, -0.2) is 13.2 Å². The van der Waals surface area contributed by atoms with Crippen LogP contribution in [0.5, 0.6) is 0 Å². The average Bonchev–Trinajstić information content (AvgIpc) is 2.65. The van der Waals surface area contributed by atoms with Crippen LogP contribution in [0.2, 0.25) is 0 Å². The summed E-state index contributed by atoms with van der Waals surface area (Å²) in [7, 11) is 1.47.